The number of nitrogens with two attached hydrogens (primary N) is 1. The number of hydrogen-bond acceptors (Lipinski definition) is 4. The number of hydrogen-bond donors (Lipinski definition) is 3. The van der Waals surface area contributed by atoms with Crippen LogP contribution in [0.15, 0.2) is 18.2 Å². The van der Waals surface area contributed by atoms with Crippen LogP contribution >= 0.6 is 0 Å². The molecule has 5 heteroatoms. The highest BCUT2D eigenvalue weighted by Gasteiger charge is 2.13. The fraction of sp³-hybridized carbons (Fsp3) is 0.333. The highest BCUT2D eigenvalue weighted by molar-refractivity contribution is 5.35. The maximum Gasteiger partial charge on any atom is 0.124 e. The SMILES string of the molecule is COc1ccc(F)cc1C(O)CNN. The zero-order valence-corrected chi connectivity index (χ0v) is 7.83. The Labute approximate surface area is 81.5 Å². The highest BCUT2D eigenvalue weighted by Crippen LogP contribution is 2.25. The Morgan fingerprint density at radius 3 is 2.93 bits per heavy atom. The maximum atomic E-state index is 12.9. The van der Waals surface area contributed by atoms with E-state index in [0.29, 0.717) is 11.3 Å². The summed E-state index contributed by atoms with van der Waals surface area (Å²) >= 11 is 0. The van der Waals surface area contributed by atoms with E-state index in [-0.39, 0.29) is 6.54 Å². The first-order valence-electron chi connectivity index (χ1n) is 4.14. The lowest BCUT2D eigenvalue weighted by Gasteiger charge is -2.14. The van der Waals surface area contributed by atoms with Crippen LogP contribution in [-0.4, -0.2) is 18.8 Å². The van der Waals surface area contributed by atoms with Crippen LogP contribution in [0.2, 0.25) is 0 Å². The fourth-order valence-corrected chi connectivity index (χ4v) is 1.19. The van der Waals surface area contributed by atoms with E-state index < -0.39 is 11.9 Å². The van der Waals surface area contributed by atoms with Crippen LogP contribution < -0.4 is 16.0 Å². The molecule has 1 rings (SSSR count). The summed E-state index contributed by atoms with van der Waals surface area (Å²) in [5.74, 6) is 5.07. The van der Waals surface area contributed by atoms with Crippen molar-refractivity contribution in [2.75, 3.05) is 13.7 Å². The minimum atomic E-state index is -0.884. The summed E-state index contributed by atoms with van der Waals surface area (Å²) in [6.45, 7) is 0.139. The first-order valence-corrected chi connectivity index (χ1v) is 4.14. The van der Waals surface area contributed by atoms with Crippen LogP contribution in [-0.2, 0) is 0 Å². The van der Waals surface area contributed by atoms with Gasteiger partial charge in [-0.2, -0.15) is 0 Å². The van der Waals surface area contributed by atoms with E-state index in [9.17, 15) is 9.50 Å². The number of aliphatic hydroxyl groups is 1. The second-order valence-electron chi connectivity index (χ2n) is 2.81. The largest absolute Gasteiger partial charge is 0.496 e. The average Bonchev–Trinajstić information content (AvgIpc) is 2.18. The molecule has 78 valence electrons. The van der Waals surface area contributed by atoms with Crippen molar-refractivity contribution < 1.29 is 14.2 Å². The zero-order valence-electron chi connectivity index (χ0n) is 7.83. The van der Waals surface area contributed by atoms with Crippen molar-refractivity contribution in [1.82, 2.24) is 5.43 Å². The van der Waals surface area contributed by atoms with Crippen molar-refractivity contribution in [3.05, 3.63) is 29.6 Å². The fourth-order valence-electron chi connectivity index (χ4n) is 1.19. The van der Waals surface area contributed by atoms with E-state index in [1.54, 1.807) is 0 Å². The Hall–Kier alpha value is -1.17. The molecule has 1 unspecified atom stereocenters. The first-order chi connectivity index (χ1) is 6.69. The molecule has 4 N–H and O–H groups in total. The summed E-state index contributed by atoms with van der Waals surface area (Å²) < 4.78 is 17.8. The third kappa shape index (κ3) is 2.41. The molecule has 0 radical (unpaired) electrons. The number of ether oxygens (including phenoxy) is 1. The zero-order chi connectivity index (χ0) is 10.6. The molecule has 1 atom stereocenters. The van der Waals surface area contributed by atoms with Gasteiger partial charge in [0.25, 0.3) is 0 Å². The Morgan fingerprint density at radius 1 is 1.64 bits per heavy atom. The van der Waals surface area contributed by atoms with Gasteiger partial charge in [0.05, 0.1) is 13.2 Å². The Kier molecular flexibility index (Phi) is 3.82. The van der Waals surface area contributed by atoms with Gasteiger partial charge in [-0.1, -0.05) is 0 Å². The lowest BCUT2D eigenvalue weighted by molar-refractivity contribution is 0.170. The number of methoxy groups -OCH3 is 1. The van der Waals surface area contributed by atoms with Gasteiger partial charge in [0.15, 0.2) is 0 Å². The quantitative estimate of drug-likeness (QED) is 0.484. The first kappa shape index (κ1) is 10.9. The van der Waals surface area contributed by atoms with Gasteiger partial charge in [0, 0.05) is 12.1 Å². The monoisotopic (exact) mass is 200 g/mol. The van der Waals surface area contributed by atoms with Crippen LogP contribution in [0.5, 0.6) is 5.75 Å². The number of aliphatic hydroxyl groups excluding tert-OH is 1. The smallest absolute Gasteiger partial charge is 0.124 e. The summed E-state index contributed by atoms with van der Waals surface area (Å²) in [6, 6.07) is 3.95. The van der Waals surface area contributed by atoms with Crippen molar-refractivity contribution in [2.24, 2.45) is 5.84 Å². The Morgan fingerprint density at radius 2 is 2.36 bits per heavy atom. The molecule has 1 aromatic rings. The van der Waals surface area contributed by atoms with Crippen molar-refractivity contribution in [3.63, 3.8) is 0 Å². The summed E-state index contributed by atoms with van der Waals surface area (Å²) in [4.78, 5) is 0. The topological polar surface area (TPSA) is 67.5 Å². The Balaban J connectivity index is 2.97. The minimum absolute atomic E-state index is 0.139. The van der Waals surface area contributed by atoms with Crippen molar-refractivity contribution in [1.29, 1.82) is 0 Å². The molecule has 0 saturated heterocycles. The van der Waals surface area contributed by atoms with E-state index in [1.165, 1.54) is 25.3 Å². The van der Waals surface area contributed by atoms with Crippen molar-refractivity contribution >= 4 is 0 Å². The van der Waals surface area contributed by atoms with Crippen LogP contribution in [0.4, 0.5) is 4.39 Å². The van der Waals surface area contributed by atoms with Gasteiger partial charge < -0.3 is 9.84 Å². The van der Waals surface area contributed by atoms with Crippen LogP contribution in [0.25, 0.3) is 0 Å². The second kappa shape index (κ2) is 4.90. The molecule has 0 aliphatic heterocycles. The lowest BCUT2D eigenvalue weighted by Crippen LogP contribution is -2.27. The van der Waals surface area contributed by atoms with E-state index >= 15 is 0 Å². The Bertz CT molecular complexity index is 307. The molecule has 1 aromatic carbocycles. The molecular weight excluding hydrogens is 187 g/mol. The average molecular weight is 200 g/mol. The molecule has 0 spiro atoms. The standard InChI is InChI=1S/C9H13FN2O2/c1-14-9-3-2-6(10)4-7(9)8(13)5-12-11/h2-4,8,12-13H,5,11H2,1H3. The summed E-state index contributed by atoms with van der Waals surface area (Å²) in [7, 11) is 1.46. The number of benzene rings is 1. The van der Waals surface area contributed by atoms with Gasteiger partial charge in [-0.15, -0.1) is 0 Å². The van der Waals surface area contributed by atoms with E-state index in [4.69, 9.17) is 10.6 Å². The van der Waals surface area contributed by atoms with Gasteiger partial charge in [-0.05, 0) is 18.2 Å². The molecule has 0 bridgehead atoms. The molecule has 0 fully saturated rings. The summed E-state index contributed by atoms with van der Waals surface area (Å²) in [5.41, 5.74) is 2.69. The van der Waals surface area contributed by atoms with Gasteiger partial charge in [0.2, 0.25) is 0 Å². The van der Waals surface area contributed by atoms with Crippen molar-refractivity contribution in [2.45, 2.75) is 6.10 Å². The number of nitrogens with one attached hydrogen (secondary N) is 1. The summed E-state index contributed by atoms with van der Waals surface area (Å²) in [6.07, 6.45) is -0.884. The van der Waals surface area contributed by atoms with Gasteiger partial charge in [0.1, 0.15) is 11.6 Å². The molecular formula is C9H13FN2O2. The predicted molar refractivity (Wildman–Crippen MR) is 50.1 cm³/mol. The molecule has 4 nitrogen and oxygen atoms in total. The van der Waals surface area contributed by atoms with E-state index in [2.05, 4.69) is 5.43 Å². The van der Waals surface area contributed by atoms with Crippen molar-refractivity contribution in [3.8, 4) is 5.75 Å². The van der Waals surface area contributed by atoms with Crippen LogP contribution in [0.1, 0.15) is 11.7 Å². The molecule has 0 heterocycles. The highest BCUT2D eigenvalue weighted by atomic mass is 19.1. The normalized spacial score (nSPS) is 12.6. The van der Waals surface area contributed by atoms with E-state index in [1.807, 2.05) is 0 Å². The molecule has 0 aliphatic carbocycles. The predicted octanol–water partition coefficient (Wildman–Crippen LogP) is 0.331. The number of halogens is 1. The molecule has 14 heavy (non-hydrogen) atoms. The van der Waals surface area contributed by atoms with Gasteiger partial charge >= 0.3 is 0 Å². The third-order valence-corrected chi connectivity index (χ3v) is 1.86. The third-order valence-electron chi connectivity index (χ3n) is 1.86. The maximum absolute atomic E-state index is 12.9. The second-order valence-corrected chi connectivity index (χ2v) is 2.81. The molecule has 0 amide bonds. The van der Waals surface area contributed by atoms with Gasteiger partial charge in [-0.3, -0.25) is 11.3 Å². The lowest BCUT2D eigenvalue weighted by atomic mass is 10.1. The van der Waals surface area contributed by atoms with Gasteiger partial charge in [-0.25, -0.2) is 4.39 Å². The number of hydrazine groups is 1. The molecule has 0 saturated carbocycles. The molecule has 0 aromatic heterocycles. The van der Waals surface area contributed by atoms with Crippen LogP contribution in [0.3, 0.4) is 0 Å². The molecule has 0 aliphatic rings. The minimum Gasteiger partial charge on any atom is -0.496 e. The number of rotatable bonds is 4. The summed E-state index contributed by atoms with van der Waals surface area (Å²) in [5, 5.41) is 9.57. The van der Waals surface area contributed by atoms with E-state index in [0.717, 1.165) is 0 Å². The van der Waals surface area contributed by atoms with Crippen LogP contribution in [0, 0.1) is 5.82 Å².